The molecule has 0 unspecified atom stereocenters. The molecule has 0 radical (unpaired) electrons. The molecule has 0 fully saturated rings. The fraction of sp³-hybridized carbons (Fsp3) is 0.250. The van der Waals surface area contributed by atoms with Gasteiger partial charge in [0.1, 0.15) is 5.82 Å². The number of hydrogen-bond acceptors (Lipinski definition) is 6. The third kappa shape index (κ3) is 4.25. The quantitative estimate of drug-likeness (QED) is 0.616. The lowest BCUT2D eigenvalue weighted by Gasteiger charge is -2.19. The van der Waals surface area contributed by atoms with Crippen LogP contribution in [0.4, 0.5) is 11.5 Å². The van der Waals surface area contributed by atoms with Crippen molar-refractivity contribution < 1.29 is 13.2 Å². The molecule has 2 aromatic rings. The van der Waals surface area contributed by atoms with Crippen molar-refractivity contribution in [1.29, 1.82) is 0 Å². The molecule has 0 spiro atoms. The second-order valence-electron chi connectivity index (χ2n) is 5.67. The molecule has 0 bridgehead atoms. The first kappa shape index (κ1) is 17.2. The predicted octanol–water partition coefficient (Wildman–Crippen LogP) is 0.539. The van der Waals surface area contributed by atoms with Crippen molar-refractivity contribution in [3.8, 4) is 0 Å². The van der Waals surface area contributed by atoms with Crippen molar-refractivity contribution in [1.82, 2.24) is 10.3 Å². The van der Waals surface area contributed by atoms with Crippen LogP contribution in [-0.2, 0) is 16.4 Å². The number of sulfonamides is 1. The molecule has 0 saturated heterocycles. The van der Waals surface area contributed by atoms with Crippen molar-refractivity contribution in [2.24, 2.45) is 5.14 Å². The summed E-state index contributed by atoms with van der Waals surface area (Å²) in [4.78, 5) is 16.5. The zero-order chi connectivity index (χ0) is 17.9. The first-order chi connectivity index (χ1) is 11.9. The first-order valence-corrected chi connectivity index (χ1v) is 9.36. The van der Waals surface area contributed by atoms with Gasteiger partial charge in [-0.3, -0.25) is 4.79 Å². The Morgan fingerprint density at radius 2 is 1.92 bits per heavy atom. The Morgan fingerprint density at radius 3 is 2.64 bits per heavy atom. The van der Waals surface area contributed by atoms with Gasteiger partial charge in [-0.25, -0.2) is 18.5 Å². The number of hydrogen-bond donors (Lipinski definition) is 4. The summed E-state index contributed by atoms with van der Waals surface area (Å²) in [5.74, 6) is 0.543. The number of pyridine rings is 1. The number of anilines is 2. The molecule has 8 nitrogen and oxygen atoms in total. The highest BCUT2D eigenvalue weighted by atomic mass is 32.2. The van der Waals surface area contributed by atoms with Gasteiger partial charge < -0.3 is 16.0 Å². The maximum atomic E-state index is 12.2. The SMILES string of the molecule is NS(=O)(=O)c1ccc(CCNC(=O)c2cnc3c(c2)NCCN3)cc1. The predicted molar refractivity (Wildman–Crippen MR) is 95.1 cm³/mol. The third-order valence-corrected chi connectivity index (χ3v) is 4.76. The van der Waals surface area contributed by atoms with Crippen LogP contribution in [0.5, 0.6) is 0 Å². The summed E-state index contributed by atoms with van der Waals surface area (Å²) >= 11 is 0. The highest BCUT2D eigenvalue weighted by Gasteiger charge is 2.13. The highest BCUT2D eigenvalue weighted by molar-refractivity contribution is 7.89. The minimum Gasteiger partial charge on any atom is -0.380 e. The molecule has 1 aromatic heterocycles. The standard InChI is InChI=1S/C16H19N5O3S/c17-25(23,24)13-3-1-11(2-4-13)5-6-20-16(22)12-9-14-15(21-10-12)19-8-7-18-14/h1-4,9-10,18H,5-8H2,(H,19,21)(H,20,22)(H2,17,23,24). The van der Waals surface area contributed by atoms with E-state index >= 15 is 0 Å². The summed E-state index contributed by atoms with van der Waals surface area (Å²) in [6.45, 7) is 2.01. The number of aromatic nitrogens is 1. The van der Waals surface area contributed by atoms with Crippen molar-refractivity contribution >= 4 is 27.4 Å². The van der Waals surface area contributed by atoms with E-state index in [1.165, 1.54) is 18.3 Å². The van der Waals surface area contributed by atoms with Crippen LogP contribution in [0.25, 0.3) is 0 Å². The summed E-state index contributed by atoms with van der Waals surface area (Å²) in [6.07, 6.45) is 2.11. The number of nitrogens with one attached hydrogen (secondary N) is 3. The Kier molecular flexibility index (Phi) is 4.86. The maximum Gasteiger partial charge on any atom is 0.252 e. The number of rotatable bonds is 5. The Labute approximate surface area is 145 Å². The van der Waals surface area contributed by atoms with Crippen LogP contribution >= 0.6 is 0 Å². The van der Waals surface area contributed by atoms with E-state index in [4.69, 9.17) is 5.14 Å². The van der Waals surface area contributed by atoms with E-state index < -0.39 is 10.0 Å². The Hall–Kier alpha value is -2.65. The van der Waals surface area contributed by atoms with Gasteiger partial charge in [0.05, 0.1) is 16.1 Å². The average molecular weight is 361 g/mol. The normalized spacial score (nSPS) is 13.3. The van der Waals surface area contributed by atoms with Crippen LogP contribution in [0.15, 0.2) is 41.4 Å². The lowest BCUT2D eigenvalue weighted by atomic mass is 10.1. The number of carbonyl (C=O) groups is 1. The van der Waals surface area contributed by atoms with Crippen LogP contribution in [-0.4, -0.2) is 38.9 Å². The van der Waals surface area contributed by atoms with Gasteiger partial charge in [-0.1, -0.05) is 12.1 Å². The topological polar surface area (TPSA) is 126 Å². The van der Waals surface area contributed by atoms with Crippen molar-refractivity contribution in [2.45, 2.75) is 11.3 Å². The lowest BCUT2D eigenvalue weighted by Crippen LogP contribution is -2.27. The second-order valence-corrected chi connectivity index (χ2v) is 7.23. The van der Waals surface area contributed by atoms with E-state index in [0.717, 1.165) is 30.2 Å². The van der Waals surface area contributed by atoms with Crippen molar-refractivity contribution in [3.05, 3.63) is 47.7 Å². The number of benzene rings is 1. The molecular formula is C16H19N5O3S. The molecule has 2 heterocycles. The molecule has 132 valence electrons. The van der Waals surface area contributed by atoms with Crippen LogP contribution in [0.2, 0.25) is 0 Å². The summed E-state index contributed by atoms with van der Waals surface area (Å²) in [7, 11) is -3.68. The van der Waals surface area contributed by atoms with E-state index in [0.29, 0.717) is 18.5 Å². The van der Waals surface area contributed by atoms with Gasteiger partial charge in [-0.15, -0.1) is 0 Å². The number of nitrogens with zero attached hydrogens (tertiary/aromatic N) is 1. The maximum absolute atomic E-state index is 12.2. The molecule has 1 aromatic carbocycles. The number of fused-ring (bicyclic) bond motifs is 1. The van der Waals surface area contributed by atoms with Crippen LogP contribution in [0.3, 0.4) is 0 Å². The summed E-state index contributed by atoms with van der Waals surface area (Å²) in [6, 6.07) is 8.05. The Balaban J connectivity index is 1.56. The molecule has 0 saturated carbocycles. The molecule has 9 heteroatoms. The van der Waals surface area contributed by atoms with E-state index in [9.17, 15) is 13.2 Å². The monoisotopic (exact) mass is 361 g/mol. The first-order valence-electron chi connectivity index (χ1n) is 7.81. The molecular weight excluding hydrogens is 342 g/mol. The number of primary sulfonamides is 1. The number of amides is 1. The van der Waals surface area contributed by atoms with Gasteiger partial charge in [0.25, 0.3) is 5.91 Å². The Morgan fingerprint density at radius 1 is 1.20 bits per heavy atom. The van der Waals surface area contributed by atoms with E-state index in [2.05, 4.69) is 20.9 Å². The average Bonchev–Trinajstić information content (AvgIpc) is 2.61. The third-order valence-electron chi connectivity index (χ3n) is 3.83. The van der Waals surface area contributed by atoms with Gasteiger partial charge >= 0.3 is 0 Å². The summed E-state index contributed by atoms with van der Waals surface area (Å²) in [5, 5.41) is 14.2. The van der Waals surface area contributed by atoms with Gasteiger partial charge in [0, 0.05) is 25.8 Å². The molecule has 5 N–H and O–H groups in total. The van der Waals surface area contributed by atoms with E-state index in [1.807, 2.05) is 0 Å². The fourth-order valence-electron chi connectivity index (χ4n) is 2.51. The van der Waals surface area contributed by atoms with E-state index in [1.54, 1.807) is 18.2 Å². The molecule has 25 heavy (non-hydrogen) atoms. The van der Waals surface area contributed by atoms with Crippen LogP contribution < -0.4 is 21.1 Å². The largest absolute Gasteiger partial charge is 0.380 e. The van der Waals surface area contributed by atoms with Crippen LogP contribution in [0, 0.1) is 0 Å². The summed E-state index contributed by atoms with van der Waals surface area (Å²) < 4.78 is 22.4. The highest BCUT2D eigenvalue weighted by Crippen LogP contribution is 2.22. The minimum absolute atomic E-state index is 0.0709. The zero-order valence-electron chi connectivity index (χ0n) is 13.5. The van der Waals surface area contributed by atoms with Gasteiger partial charge in [-0.05, 0) is 30.2 Å². The number of nitrogens with two attached hydrogens (primary N) is 1. The van der Waals surface area contributed by atoms with E-state index in [-0.39, 0.29) is 10.8 Å². The van der Waals surface area contributed by atoms with Gasteiger partial charge in [-0.2, -0.15) is 0 Å². The van der Waals surface area contributed by atoms with Gasteiger partial charge in [0.15, 0.2) is 0 Å². The van der Waals surface area contributed by atoms with Crippen molar-refractivity contribution in [3.63, 3.8) is 0 Å². The molecule has 1 aliphatic rings. The zero-order valence-corrected chi connectivity index (χ0v) is 14.3. The van der Waals surface area contributed by atoms with Gasteiger partial charge in [0.2, 0.25) is 10.0 Å². The molecule has 3 rings (SSSR count). The smallest absolute Gasteiger partial charge is 0.252 e. The second kappa shape index (κ2) is 7.08. The van der Waals surface area contributed by atoms with Crippen molar-refractivity contribution in [2.75, 3.05) is 30.3 Å². The molecule has 1 aliphatic heterocycles. The lowest BCUT2D eigenvalue weighted by molar-refractivity contribution is 0.0954. The molecule has 1 amide bonds. The summed E-state index contributed by atoms with van der Waals surface area (Å²) in [5.41, 5.74) is 2.21. The van der Waals surface area contributed by atoms with Crippen LogP contribution in [0.1, 0.15) is 15.9 Å². The molecule has 0 atom stereocenters. The fourth-order valence-corrected chi connectivity index (χ4v) is 3.03. The Bertz CT molecular complexity index is 881. The minimum atomic E-state index is -3.68. The molecule has 0 aliphatic carbocycles. The number of carbonyl (C=O) groups excluding carboxylic acids is 1.